The van der Waals surface area contributed by atoms with E-state index in [2.05, 4.69) is 80.1 Å². The van der Waals surface area contributed by atoms with Crippen LogP contribution in [0.3, 0.4) is 0 Å². The average Bonchev–Trinajstić information content (AvgIpc) is 3.23. The Labute approximate surface area is 219 Å². The summed E-state index contributed by atoms with van der Waals surface area (Å²) < 4.78 is 6.17. The molecular weight excluding hydrogens is 464 g/mol. The van der Waals surface area contributed by atoms with Gasteiger partial charge in [-0.3, -0.25) is 4.98 Å². The quantitative estimate of drug-likeness (QED) is 0.551. The summed E-state index contributed by atoms with van der Waals surface area (Å²) in [6, 6.07) is 8.74. The molecule has 0 saturated carbocycles. The van der Waals surface area contributed by atoms with Gasteiger partial charge in [0.15, 0.2) is 5.82 Å². The SMILES string of the molecule is CC.CN1CCN(c2ccc(Nc3ncc4c(n3)N(c3cnccn3)[C@@H]3CC(C)(C)OCC43)cc2)CC1. The van der Waals surface area contributed by atoms with E-state index < -0.39 is 0 Å². The fourth-order valence-corrected chi connectivity index (χ4v) is 5.40. The minimum atomic E-state index is -0.205. The number of benzene rings is 1. The third kappa shape index (κ3) is 5.24. The van der Waals surface area contributed by atoms with Crippen LogP contribution >= 0.6 is 0 Å². The molecule has 6 rings (SSSR count). The topological polar surface area (TPSA) is 82.5 Å². The summed E-state index contributed by atoms with van der Waals surface area (Å²) in [5, 5.41) is 3.40. The second kappa shape index (κ2) is 10.6. The lowest BCUT2D eigenvalue weighted by molar-refractivity contribution is -0.0658. The first-order chi connectivity index (χ1) is 18.0. The van der Waals surface area contributed by atoms with Crippen LogP contribution in [0.15, 0.2) is 49.1 Å². The van der Waals surface area contributed by atoms with Crippen LogP contribution < -0.4 is 15.1 Å². The van der Waals surface area contributed by atoms with Gasteiger partial charge in [0.1, 0.15) is 5.82 Å². The Balaban J connectivity index is 0.00000137. The molecule has 5 heterocycles. The number of hydrogen-bond acceptors (Lipinski definition) is 9. The standard InChI is InChI=1S/C26H32N8O.C2H6/c1-26(2)14-22-21(17-35-26)20-15-29-25(31-24(20)34(22)23-16-27-8-9-28-23)30-18-4-6-19(7-5-18)33-12-10-32(3)11-13-33;1-2/h4-9,15-16,21-22H,10-14,17H2,1-3H3,(H,29,30,31);1-2H3/t21?,22-;/m1./s1. The minimum absolute atomic E-state index is 0.205. The third-order valence-corrected chi connectivity index (χ3v) is 7.36. The predicted molar refractivity (Wildman–Crippen MR) is 148 cm³/mol. The zero-order valence-electron chi connectivity index (χ0n) is 22.6. The molecule has 0 aliphatic carbocycles. The van der Waals surface area contributed by atoms with E-state index in [1.807, 2.05) is 20.0 Å². The van der Waals surface area contributed by atoms with Gasteiger partial charge in [-0.1, -0.05) is 13.8 Å². The van der Waals surface area contributed by atoms with E-state index in [0.29, 0.717) is 12.6 Å². The van der Waals surface area contributed by atoms with Gasteiger partial charge in [0, 0.05) is 73.7 Å². The van der Waals surface area contributed by atoms with Crippen molar-refractivity contribution in [1.82, 2.24) is 24.8 Å². The van der Waals surface area contributed by atoms with Crippen molar-refractivity contribution >= 4 is 29.0 Å². The van der Waals surface area contributed by atoms with Crippen LogP contribution in [-0.2, 0) is 4.74 Å². The van der Waals surface area contributed by atoms with E-state index in [-0.39, 0.29) is 17.6 Å². The summed E-state index contributed by atoms with van der Waals surface area (Å²) in [5.74, 6) is 2.47. The summed E-state index contributed by atoms with van der Waals surface area (Å²) in [7, 11) is 2.18. The van der Waals surface area contributed by atoms with E-state index in [0.717, 1.165) is 55.5 Å². The van der Waals surface area contributed by atoms with Gasteiger partial charge in [-0.25, -0.2) is 9.97 Å². The van der Waals surface area contributed by atoms with Gasteiger partial charge in [0.05, 0.1) is 18.4 Å². The molecule has 3 aliphatic heterocycles. The van der Waals surface area contributed by atoms with Crippen LogP contribution in [0.25, 0.3) is 0 Å². The Bertz CT molecular complexity index is 1180. The Kier molecular flexibility index (Phi) is 7.26. The number of fused-ring (bicyclic) bond motifs is 3. The molecular formula is C28H38N8O. The van der Waals surface area contributed by atoms with Crippen LogP contribution in [0.4, 0.5) is 29.0 Å². The molecule has 9 heteroatoms. The van der Waals surface area contributed by atoms with Crippen molar-refractivity contribution in [2.45, 2.75) is 51.7 Å². The second-order valence-corrected chi connectivity index (χ2v) is 10.3. The summed E-state index contributed by atoms with van der Waals surface area (Å²) in [4.78, 5) is 25.6. The Morgan fingerprint density at radius 1 is 0.973 bits per heavy atom. The number of hydrogen-bond donors (Lipinski definition) is 1. The molecule has 1 aromatic carbocycles. The Morgan fingerprint density at radius 3 is 2.43 bits per heavy atom. The summed E-state index contributed by atoms with van der Waals surface area (Å²) in [6.45, 7) is 13.2. The van der Waals surface area contributed by atoms with E-state index in [1.165, 1.54) is 5.69 Å². The summed E-state index contributed by atoms with van der Waals surface area (Å²) >= 11 is 0. The zero-order chi connectivity index (χ0) is 26.0. The molecule has 9 nitrogen and oxygen atoms in total. The number of likely N-dealkylation sites (N-methyl/N-ethyl adjacent to an activating group) is 1. The molecule has 1 N–H and O–H groups in total. The van der Waals surface area contributed by atoms with Gasteiger partial charge >= 0.3 is 0 Å². The van der Waals surface area contributed by atoms with Crippen LogP contribution in [0, 0.1) is 0 Å². The fourth-order valence-electron chi connectivity index (χ4n) is 5.40. The number of rotatable bonds is 4. The van der Waals surface area contributed by atoms with Crippen molar-refractivity contribution in [1.29, 1.82) is 0 Å². The molecule has 196 valence electrons. The molecule has 37 heavy (non-hydrogen) atoms. The van der Waals surface area contributed by atoms with Crippen molar-refractivity contribution in [2.75, 3.05) is 55.0 Å². The van der Waals surface area contributed by atoms with Gasteiger partial charge < -0.3 is 24.8 Å². The van der Waals surface area contributed by atoms with E-state index in [1.54, 1.807) is 18.6 Å². The van der Waals surface area contributed by atoms with E-state index in [9.17, 15) is 0 Å². The van der Waals surface area contributed by atoms with Crippen LogP contribution in [0.5, 0.6) is 0 Å². The van der Waals surface area contributed by atoms with Gasteiger partial charge in [-0.2, -0.15) is 4.98 Å². The predicted octanol–water partition coefficient (Wildman–Crippen LogP) is 4.59. The molecule has 3 aliphatic rings. The molecule has 0 radical (unpaired) electrons. The molecule has 1 unspecified atom stereocenters. The van der Waals surface area contributed by atoms with E-state index >= 15 is 0 Å². The lowest BCUT2D eigenvalue weighted by Gasteiger charge is -2.40. The highest BCUT2D eigenvalue weighted by atomic mass is 16.5. The molecule has 2 saturated heterocycles. The van der Waals surface area contributed by atoms with Gasteiger partial charge in [0.2, 0.25) is 5.95 Å². The van der Waals surface area contributed by atoms with Crippen LogP contribution in [0.1, 0.15) is 45.6 Å². The molecule has 3 aromatic rings. The number of piperazine rings is 1. The van der Waals surface area contributed by atoms with Crippen molar-refractivity contribution in [3.63, 3.8) is 0 Å². The zero-order valence-corrected chi connectivity index (χ0v) is 22.6. The fraction of sp³-hybridized carbons (Fsp3) is 0.500. The number of aromatic nitrogens is 4. The van der Waals surface area contributed by atoms with Crippen molar-refractivity contribution in [3.05, 3.63) is 54.6 Å². The molecule has 0 bridgehead atoms. The number of nitrogens with zero attached hydrogens (tertiary/aromatic N) is 7. The highest BCUT2D eigenvalue weighted by Crippen LogP contribution is 2.49. The van der Waals surface area contributed by atoms with Crippen LogP contribution in [-0.4, -0.2) is 76.3 Å². The maximum Gasteiger partial charge on any atom is 0.229 e. The normalized spacial score (nSPS) is 22.5. The summed E-state index contributed by atoms with van der Waals surface area (Å²) in [5.41, 5.74) is 3.11. The Hall–Kier alpha value is -3.30. The van der Waals surface area contributed by atoms with Crippen molar-refractivity contribution in [3.8, 4) is 0 Å². The highest BCUT2D eigenvalue weighted by Gasteiger charge is 2.47. The van der Waals surface area contributed by atoms with Gasteiger partial charge in [-0.15, -0.1) is 0 Å². The van der Waals surface area contributed by atoms with E-state index in [4.69, 9.17) is 9.72 Å². The first-order valence-electron chi connectivity index (χ1n) is 13.3. The van der Waals surface area contributed by atoms with Crippen LogP contribution in [0.2, 0.25) is 0 Å². The molecule has 2 fully saturated rings. The monoisotopic (exact) mass is 502 g/mol. The maximum absolute atomic E-state index is 6.17. The second-order valence-electron chi connectivity index (χ2n) is 10.3. The van der Waals surface area contributed by atoms with Crippen molar-refractivity contribution in [2.24, 2.45) is 0 Å². The first kappa shape index (κ1) is 25.4. The summed E-state index contributed by atoms with van der Waals surface area (Å²) in [6.07, 6.45) is 8.06. The highest BCUT2D eigenvalue weighted by molar-refractivity contribution is 5.69. The lowest BCUT2D eigenvalue weighted by atomic mass is 9.85. The Morgan fingerprint density at radius 2 is 1.73 bits per heavy atom. The molecule has 0 spiro atoms. The lowest BCUT2D eigenvalue weighted by Crippen LogP contribution is -2.45. The largest absolute Gasteiger partial charge is 0.375 e. The van der Waals surface area contributed by atoms with Gasteiger partial charge in [0.25, 0.3) is 0 Å². The number of nitrogens with one attached hydrogen (secondary N) is 1. The molecule has 2 atom stereocenters. The smallest absolute Gasteiger partial charge is 0.229 e. The first-order valence-corrected chi connectivity index (χ1v) is 13.3. The molecule has 2 aromatic heterocycles. The number of anilines is 5. The minimum Gasteiger partial charge on any atom is -0.375 e. The van der Waals surface area contributed by atoms with Gasteiger partial charge in [-0.05, 0) is 51.6 Å². The van der Waals surface area contributed by atoms with Crippen molar-refractivity contribution < 1.29 is 4.74 Å². The number of ether oxygens (including phenoxy) is 1. The average molecular weight is 503 g/mol. The molecule has 0 amide bonds. The maximum atomic E-state index is 6.17. The third-order valence-electron chi connectivity index (χ3n) is 7.36.